The van der Waals surface area contributed by atoms with Crippen molar-refractivity contribution in [3.8, 4) is 0 Å². The number of benzene rings is 3. The van der Waals surface area contributed by atoms with Crippen molar-refractivity contribution < 1.29 is 0 Å². The zero-order valence-corrected chi connectivity index (χ0v) is 13.9. The fourth-order valence-electron chi connectivity index (χ4n) is 3.22. The Kier molecular flexibility index (Phi) is 3.35. The van der Waals surface area contributed by atoms with Crippen LogP contribution >= 0.6 is 0 Å². The van der Waals surface area contributed by atoms with Crippen molar-refractivity contribution in [2.75, 3.05) is 4.90 Å². The van der Waals surface area contributed by atoms with Crippen LogP contribution in [-0.4, -0.2) is 19.6 Å². The van der Waals surface area contributed by atoms with Crippen molar-refractivity contribution in [3.05, 3.63) is 91.3 Å². The minimum absolute atomic E-state index is 0.579. The predicted molar refractivity (Wildman–Crippen MR) is 103 cm³/mol. The fourth-order valence-corrected chi connectivity index (χ4v) is 3.22. The van der Waals surface area contributed by atoms with E-state index in [1.54, 1.807) is 6.33 Å². The fraction of sp³-hybridized carbons (Fsp3) is 0. The quantitative estimate of drug-likeness (QED) is 0.477. The number of hydrogen-bond donors (Lipinski definition) is 0. The van der Waals surface area contributed by atoms with Gasteiger partial charge in [-0.2, -0.15) is 4.98 Å². The summed E-state index contributed by atoms with van der Waals surface area (Å²) in [6.07, 6.45) is 1.70. The van der Waals surface area contributed by atoms with Gasteiger partial charge in [-0.1, -0.05) is 48.5 Å². The maximum absolute atomic E-state index is 4.83. The summed E-state index contributed by atoms with van der Waals surface area (Å²) in [5.41, 5.74) is 3.11. The van der Waals surface area contributed by atoms with Crippen LogP contribution in [0.4, 0.5) is 17.2 Å². The van der Waals surface area contributed by atoms with Gasteiger partial charge in [0.2, 0.25) is 0 Å². The SMILES string of the molecule is c1ccc(N(c2ccccc2)c2nc3nncn3c3ccccc23)cc1. The van der Waals surface area contributed by atoms with Gasteiger partial charge in [0.05, 0.1) is 5.52 Å². The molecule has 3 aromatic carbocycles. The average molecular weight is 337 g/mol. The predicted octanol–water partition coefficient (Wildman–Crippen LogP) is 4.75. The van der Waals surface area contributed by atoms with Crippen molar-refractivity contribution in [1.29, 1.82) is 0 Å². The number of nitrogens with zero attached hydrogens (tertiary/aromatic N) is 5. The van der Waals surface area contributed by atoms with Gasteiger partial charge < -0.3 is 0 Å². The van der Waals surface area contributed by atoms with Gasteiger partial charge in [-0.05, 0) is 36.4 Å². The Morgan fingerprint density at radius 2 is 1.31 bits per heavy atom. The standard InChI is InChI=1S/C21H15N5/c1-3-9-16(10-4-1)26(17-11-5-2-6-12-17)20-18-13-7-8-14-19(18)25-15-22-24-21(25)23-20/h1-15H. The Balaban J connectivity index is 1.86. The smallest absolute Gasteiger partial charge is 0.257 e. The summed E-state index contributed by atoms with van der Waals surface area (Å²) >= 11 is 0. The third-order valence-electron chi connectivity index (χ3n) is 4.38. The van der Waals surface area contributed by atoms with E-state index in [0.29, 0.717) is 5.78 Å². The first-order valence-electron chi connectivity index (χ1n) is 8.40. The van der Waals surface area contributed by atoms with Crippen molar-refractivity contribution in [2.24, 2.45) is 0 Å². The van der Waals surface area contributed by atoms with E-state index >= 15 is 0 Å². The zero-order valence-electron chi connectivity index (χ0n) is 13.9. The Hall–Kier alpha value is -3.73. The first kappa shape index (κ1) is 14.6. The van der Waals surface area contributed by atoms with Crippen molar-refractivity contribution in [2.45, 2.75) is 0 Å². The molecule has 26 heavy (non-hydrogen) atoms. The molecule has 0 bridgehead atoms. The Morgan fingerprint density at radius 3 is 2.00 bits per heavy atom. The van der Waals surface area contributed by atoms with Gasteiger partial charge in [0.15, 0.2) is 5.82 Å². The molecule has 0 aliphatic rings. The van der Waals surface area contributed by atoms with E-state index in [4.69, 9.17) is 4.98 Å². The van der Waals surface area contributed by atoms with E-state index in [1.165, 1.54) is 0 Å². The zero-order chi connectivity index (χ0) is 17.3. The lowest BCUT2D eigenvalue weighted by Gasteiger charge is -2.25. The highest BCUT2D eigenvalue weighted by molar-refractivity contribution is 5.96. The van der Waals surface area contributed by atoms with E-state index in [2.05, 4.69) is 51.5 Å². The molecule has 0 atom stereocenters. The van der Waals surface area contributed by atoms with Crippen LogP contribution in [0.3, 0.4) is 0 Å². The van der Waals surface area contributed by atoms with E-state index < -0.39 is 0 Å². The lowest BCUT2D eigenvalue weighted by Crippen LogP contribution is -2.13. The summed E-state index contributed by atoms with van der Waals surface area (Å²) in [7, 11) is 0. The third-order valence-corrected chi connectivity index (χ3v) is 4.38. The monoisotopic (exact) mass is 337 g/mol. The number of rotatable bonds is 3. The molecule has 0 aliphatic heterocycles. The van der Waals surface area contributed by atoms with Crippen LogP contribution in [0.25, 0.3) is 16.7 Å². The molecule has 0 unspecified atom stereocenters. The van der Waals surface area contributed by atoms with Crippen LogP contribution in [0, 0.1) is 0 Å². The summed E-state index contributed by atoms with van der Waals surface area (Å²) in [6.45, 7) is 0. The largest absolute Gasteiger partial charge is 0.294 e. The normalized spacial score (nSPS) is 11.1. The Morgan fingerprint density at radius 1 is 0.692 bits per heavy atom. The second-order valence-electron chi connectivity index (χ2n) is 5.96. The molecule has 5 heteroatoms. The van der Waals surface area contributed by atoms with Crippen LogP contribution in [0.15, 0.2) is 91.3 Å². The number of para-hydroxylation sites is 3. The van der Waals surface area contributed by atoms with Gasteiger partial charge in [0.1, 0.15) is 6.33 Å². The molecule has 0 fully saturated rings. The molecule has 0 saturated heterocycles. The molecule has 0 amide bonds. The van der Waals surface area contributed by atoms with Gasteiger partial charge in [0.25, 0.3) is 5.78 Å². The molecule has 2 aromatic heterocycles. The topological polar surface area (TPSA) is 46.3 Å². The van der Waals surface area contributed by atoms with Crippen LogP contribution in [0.1, 0.15) is 0 Å². The molecule has 5 aromatic rings. The summed E-state index contributed by atoms with van der Waals surface area (Å²) in [5, 5.41) is 9.24. The lowest BCUT2D eigenvalue weighted by atomic mass is 10.1. The van der Waals surface area contributed by atoms with Crippen LogP contribution < -0.4 is 4.90 Å². The number of aromatic nitrogens is 4. The molecular weight excluding hydrogens is 322 g/mol. The Bertz CT molecular complexity index is 1140. The average Bonchev–Trinajstić information content (AvgIpc) is 3.19. The molecule has 5 nitrogen and oxygen atoms in total. The molecule has 2 heterocycles. The summed E-state index contributed by atoms with van der Waals surface area (Å²) in [5.74, 6) is 1.41. The van der Waals surface area contributed by atoms with Crippen LogP contribution in [0.2, 0.25) is 0 Å². The second-order valence-corrected chi connectivity index (χ2v) is 5.96. The molecule has 0 aliphatic carbocycles. The minimum Gasteiger partial charge on any atom is -0.294 e. The molecule has 124 valence electrons. The molecular formula is C21H15N5. The molecule has 5 rings (SSSR count). The first-order valence-corrected chi connectivity index (χ1v) is 8.40. The van der Waals surface area contributed by atoms with Crippen LogP contribution in [-0.2, 0) is 0 Å². The highest BCUT2D eigenvalue weighted by atomic mass is 15.3. The van der Waals surface area contributed by atoms with Gasteiger partial charge in [-0.3, -0.25) is 9.30 Å². The van der Waals surface area contributed by atoms with Crippen molar-refractivity contribution >= 4 is 33.9 Å². The van der Waals surface area contributed by atoms with E-state index in [9.17, 15) is 0 Å². The van der Waals surface area contributed by atoms with Crippen molar-refractivity contribution in [1.82, 2.24) is 19.6 Å². The third kappa shape index (κ3) is 2.29. The van der Waals surface area contributed by atoms with Gasteiger partial charge >= 0.3 is 0 Å². The lowest BCUT2D eigenvalue weighted by molar-refractivity contribution is 1.09. The van der Waals surface area contributed by atoms with E-state index in [-0.39, 0.29) is 0 Å². The summed E-state index contributed by atoms with van der Waals surface area (Å²) < 4.78 is 1.91. The highest BCUT2D eigenvalue weighted by Crippen LogP contribution is 2.37. The molecule has 0 saturated carbocycles. The number of fused-ring (bicyclic) bond motifs is 3. The second kappa shape index (κ2) is 5.97. The van der Waals surface area contributed by atoms with E-state index in [0.717, 1.165) is 28.1 Å². The molecule has 0 N–H and O–H groups in total. The maximum Gasteiger partial charge on any atom is 0.257 e. The van der Waals surface area contributed by atoms with Gasteiger partial charge in [-0.15, -0.1) is 10.2 Å². The van der Waals surface area contributed by atoms with Gasteiger partial charge in [0, 0.05) is 16.8 Å². The van der Waals surface area contributed by atoms with Gasteiger partial charge in [-0.25, -0.2) is 0 Å². The summed E-state index contributed by atoms with van der Waals surface area (Å²) in [6, 6.07) is 28.7. The van der Waals surface area contributed by atoms with E-state index in [1.807, 2.05) is 52.9 Å². The number of hydrogen-bond acceptors (Lipinski definition) is 4. The van der Waals surface area contributed by atoms with Crippen molar-refractivity contribution in [3.63, 3.8) is 0 Å². The maximum atomic E-state index is 4.83. The Labute approximate surface area is 150 Å². The minimum atomic E-state index is 0.579. The van der Waals surface area contributed by atoms with Crippen LogP contribution in [0.5, 0.6) is 0 Å². The summed E-state index contributed by atoms with van der Waals surface area (Å²) in [4.78, 5) is 6.98. The number of anilines is 3. The first-order chi connectivity index (χ1) is 12.9. The molecule has 0 spiro atoms. The molecule has 0 radical (unpaired) electrons. The highest BCUT2D eigenvalue weighted by Gasteiger charge is 2.18.